The van der Waals surface area contributed by atoms with Gasteiger partial charge in [0.1, 0.15) is 15.7 Å². The maximum absolute atomic E-state index is 10.4. The number of ether oxygens (including phenoxy) is 2. The molecule has 156 valence electrons. The molecule has 0 bridgehead atoms. The average molecular weight is 522 g/mol. The molecule has 0 saturated carbocycles. The van der Waals surface area contributed by atoms with Crippen molar-refractivity contribution in [3.05, 3.63) is 57.2 Å². The number of aryl methyl sites for hydroxylation is 1. The van der Waals surface area contributed by atoms with Crippen molar-refractivity contribution in [3.8, 4) is 5.75 Å². The van der Waals surface area contributed by atoms with Crippen molar-refractivity contribution in [2.75, 3.05) is 7.11 Å². The average Bonchev–Trinajstić information content (AvgIpc) is 2.59. The Morgan fingerprint density at radius 2 is 1.68 bits per heavy atom. The second-order valence-electron chi connectivity index (χ2n) is 7.10. The highest BCUT2D eigenvalue weighted by Gasteiger charge is 2.28. The van der Waals surface area contributed by atoms with Crippen LogP contribution in [-0.4, -0.2) is 29.1 Å². The van der Waals surface area contributed by atoms with Gasteiger partial charge >= 0.3 is 21.6 Å². The van der Waals surface area contributed by atoms with E-state index in [4.69, 9.17) is 9.47 Å². The van der Waals surface area contributed by atoms with E-state index in [-0.39, 0.29) is 16.6 Å². The van der Waals surface area contributed by atoms with Crippen LogP contribution in [0.2, 0.25) is 0 Å². The minimum absolute atomic E-state index is 0.0274. The first kappa shape index (κ1) is 24.8. The number of benzene rings is 2. The fourth-order valence-corrected chi connectivity index (χ4v) is 4.07. The van der Waals surface area contributed by atoms with Crippen LogP contribution in [0, 0.1) is 10.5 Å². The zero-order valence-electron chi connectivity index (χ0n) is 16.9. The molecule has 0 aliphatic rings. The fourth-order valence-electron chi connectivity index (χ4n) is 2.17. The van der Waals surface area contributed by atoms with Gasteiger partial charge in [-0.15, -0.1) is 0 Å². The molecule has 1 atom stereocenters. The van der Waals surface area contributed by atoms with E-state index in [9.17, 15) is 16.4 Å². The van der Waals surface area contributed by atoms with E-state index in [2.05, 4.69) is 0 Å². The molecule has 2 aromatic carbocycles. The van der Waals surface area contributed by atoms with E-state index < -0.39 is 31.7 Å². The Morgan fingerprint density at radius 1 is 1.11 bits per heavy atom. The Bertz CT molecular complexity index is 857. The Labute approximate surface area is 178 Å². The van der Waals surface area contributed by atoms with Gasteiger partial charge in [-0.1, -0.05) is 29.8 Å². The third-order valence-electron chi connectivity index (χ3n) is 3.60. The molecule has 2 aromatic rings. The molecule has 0 fully saturated rings. The van der Waals surface area contributed by atoms with Crippen molar-refractivity contribution in [1.29, 1.82) is 0 Å². The van der Waals surface area contributed by atoms with Gasteiger partial charge in [-0.3, -0.25) is 0 Å². The minimum Gasteiger partial charge on any atom is -0.744 e. The van der Waals surface area contributed by atoms with Crippen molar-refractivity contribution >= 4 is 10.1 Å². The van der Waals surface area contributed by atoms with E-state index in [0.29, 0.717) is 0 Å². The first-order valence-corrected chi connectivity index (χ1v) is 12.0. The van der Waals surface area contributed by atoms with Crippen molar-refractivity contribution < 1.29 is 47.5 Å². The van der Waals surface area contributed by atoms with Crippen molar-refractivity contribution in [1.82, 2.24) is 0 Å². The molecule has 0 aliphatic carbocycles. The van der Waals surface area contributed by atoms with Gasteiger partial charge in [-0.05, 0) is 52.8 Å². The highest BCUT2D eigenvalue weighted by molar-refractivity contribution is 7.85. The third-order valence-corrected chi connectivity index (χ3v) is 6.08. The summed E-state index contributed by atoms with van der Waals surface area (Å²) in [6.07, 6.45) is -0.0274. The maximum atomic E-state index is 10.4. The first-order valence-electron chi connectivity index (χ1n) is 8.55. The van der Waals surface area contributed by atoms with Gasteiger partial charge < -0.3 is 14.0 Å². The predicted molar refractivity (Wildman–Crippen MR) is 102 cm³/mol. The van der Waals surface area contributed by atoms with Gasteiger partial charge in [-0.2, -0.15) is 3.44 Å². The van der Waals surface area contributed by atoms with E-state index in [1.165, 1.54) is 12.1 Å². The van der Waals surface area contributed by atoms with Crippen LogP contribution in [-0.2, 0) is 14.9 Å². The Hall–Kier alpha value is -1.20. The van der Waals surface area contributed by atoms with Gasteiger partial charge in [0.25, 0.3) is 3.57 Å². The largest absolute Gasteiger partial charge is 0.744 e. The van der Waals surface area contributed by atoms with Gasteiger partial charge in [-0.25, -0.2) is 8.42 Å². The number of rotatable bonds is 5. The lowest BCUT2D eigenvalue weighted by Gasteiger charge is -2.21. The van der Waals surface area contributed by atoms with Crippen molar-refractivity contribution in [2.45, 2.75) is 51.2 Å². The molecule has 0 aromatic heterocycles. The number of halogens is 1. The second kappa shape index (κ2) is 10.5. The molecular weight excluding hydrogens is 495 g/mol. The Kier molecular flexibility index (Phi) is 9.35. The predicted octanol–water partition coefficient (Wildman–Crippen LogP) is 0.636. The van der Waals surface area contributed by atoms with Crippen LogP contribution in [0.4, 0.5) is 0 Å². The van der Waals surface area contributed by atoms with Gasteiger partial charge in [0.2, 0.25) is 0 Å². The summed E-state index contributed by atoms with van der Waals surface area (Å²) in [5.41, 5.74) is 1.68. The van der Waals surface area contributed by atoms with Crippen LogP contribution in [0.5, 0.6) is 5.75 Å². The molecule has 6 nitrogen and oxygen atoms in total. The molecule has 0 radical (unpaired) electrons. The number of methoxy groups -OCH3 is 1. The molecule has 0 aliphatic heterocycles. The molecule has 0 amide bonds. The third kappa shape index (κ3) is 8.04. The molecule has 0 unspecified atom stereocenters. The van der Waals surface area contributed by atoms with Crippen LogP contribution >= 0.6 is 0 Å². The fraction of sp³-hybridized carbons (Fsp3) is 0.400. The highest BCUT2D eigenvalue weighted by Crippen LogP contribution is 2.24. The van der Waals surface area contributed by atoms with E-state index >= 15 is 0 Å². The summed E-state index contributed by atoms with van der Waals surface area (Å²) in [7, 11) is -2.60. The molecule has 0 heterocycles. The first-order chi connectivity index (χ1) is 12.9. The minimum atomic E-state index is -4.27. The van der Waals surface area contributed by atoms with Gasteiger partial charge in [0.05, 0.1) is 11.0 Å². The SMILES string of the molecule is CO[C@@H](C)c1cccc(OC(C)(C)C)c1[I+]O.Cc1ccc(S(=O)(=O)[O-])cc1. The van der Waals surface area contributed by atoms with Crippen molar-refractivity contribution in [2.24, 2.45) is 0 Å². The Morgan fingerprint density at radius 3 is 2.11 bits per heavy atom. The van der Waals surface area contributed by atoms with Crippen LogP contribution in [0.25, 0.3) is 0 Å². The summed E-state index contributed by atoms with van der Waals surface area (Å²) in [6, 6.07) is 11.6. The van der Waals surface area contributed by atoms with Crippen LogP contribution in [0.3, 0.4) is 0 Å². The monoisotopic (exact) mass is 522 g/mol. The van der Waals surface area contributed by atoms with Crippen LogP contribution in [0.1, 0.15) is 44.9 Å². The second-order valence-corrected chi connectivity index (χ2v) is 10.0. The maximum Gasteiger partial charge on any atom is 0.523 e. The highest BCUT2D eigenvalue weighted by atomic mass is 127. The number of hydrogen-bond acceptors (Lipinski definition) is 6. The topological polar surface area (TPSA) is 95.9 Å². The van der Waals surface area contributed by atoms with E-state index in [1.807, 2.05) is 52.8 Å². The van der Waals surface area contributed by atoms with Gasteiger partial charge in [0.15, 0.2) is 5.75 Å². The zero-order chi connectivity index (χ0) is 21.5. The lowest BCUT2D eigenvalue weighted by atomic mass is 10.1. The lowest BCUT2D eigenvalue weighted by Crippen LogP contribution is -3.61. The summed E-state index contributed by atoms with van der Waals surface area (Å²) >= 11 is -1.03. The molecule has 1 N–H and O–H groups in total. The standard InChI is InChI=1S/C13H20IO3.C7H8O3S/c1-9(16-5)10-7-6-8-11(12(10)14-15)17-13(2,3)4;1-6-2-4-7(5-3-6)11(8,9)10/h6-9,15H,1-5H3;2-5H,1H3,(H,8,9,10)/q+1;/p-1/t9-;/m0./s1. The zero-order valence-corrected chi connectivity index (χ0v) is 19.9. The Balaban J connectivity index is 0.000000307. The summed E-state index contributed by atoms with van der Waals surface area (Å²) < 4.78 is 52.9. The smallest absolute Gasteiger partial charge is 0.523 e. The molecule has 0 saturated heterocycles. The lowest BCUT2D eigenvalue weighted by molar-refractivity contribution is -0.867. The van der Waals surface area contributed by atoms with Crippen molar-refractivity contribution in [3.63, 3.8) is 0 Å². The molecule has 28 heavy (non-hydrogen) atoms. The molecule has 0 spiro atoms. The molecular formula is C20H27IO6S. The normalized spacial score (nSPS) is 12.7. The number of hydrogen-bond donors (Lipinski definition) is 1. The van der Waals surface area contributed by atoms with E-state index in [1.54, 1.807) is 19.2 Å². The van der Waals surface area contributed by atoms with E-state index in [0.717, 1.165) is 20.4 Å². The summed E-state index contributed by atoms with van der Waals surface area (Å²) in [5, 5.41) is 0. The van der Waals surface area contributed by atoms with Crippen LogP contribution in [0.15, 0.2) is 47.4 Å². The summed E-state index contributed by atoms with van der Waals surface area (Å²) in [4.78, 5) is -0.178. The van der Waals surface area contributed by atoms with Gasteiger partial charge in [0, 0.05) is 12.7 Å². The summed E-state index contributed by atoms with van der Waals surface area (Å²) in [5.74, 6) is 0.772. The quantitative estimate of drug-likeness (QED) is 0.458. The summed E-state index contributed by atoms with van der Waals surface area (Å²) in [6.45, 7) is 9.79. The molecule has 8 heteroatoms. The van der Waals surface area contributed by atoms with Crippen LogP contribution < -0.4 is 26.4 Å². The molecule has 2 rings (SSSR count).